The van der Waals surface area contributed by atoms with Crippen LogP contribution in [0.4, 0.5) is 8.78 Å². The van der Waals surface area contributed by atoms with Gasteiger partial charge in [0.05, 0.1) is 16.0 Å². The van der Waals surface area contributed by atoms with Crippen molar-refractivity contribution in [3.63, 3.8) is 0 Å². The SMILES string of the molecule is CC(C)(C)[C@H](NC(=O)c1cc2cc(C(F)(F)P(=O)(O)O)ccc2s1)C(=O)N1Cc2cc(OCC(=O)NCCCCCCCCCC#Cc3ccc4c(c3)C(=O)N(C3CCC(=O)NC3=O)C4=O)ccc2C[C@H]1C(=O)N1CCCC(c2ccccc2)C1. The topological polar surface area (TPSA) is 249 Å². The lowest BCUT2D eigenvalue weighted by molar-refractivity contribution is -0.150. The standard InChI is InChI=1S/C63H69F2N6O12PS/c1-62(2,3)55(68-57(75)52-35-43-32-45(23-27-51(43)85-52)63(64,65)84(80,81)82)61(79)70-37-44-33-46(24-22-41(44)34-50(70)60(78)69-30-16-20-42(36-69)40-18-13-11-14-19-40)83-38-54(73)66-29-15-10-8-6-4-5-7-9-12-17-39-21-25-47-48(31-39)59(77)71(58(47)76)49-26-28-53(72)67-56(49)74/h11,13-14,18-19,21-25,27,31-33,35,42,49-50,55H,4-10,15-16,20,26,28-30,34,36-38H2,1-3H3,(H,66,73)(H,68,75)(H,67,72,74)(H2,80,81,82)/t42?,49?,50-,55+/m0/s1. The molecular formula is C63H69F2N6O12PS. The number of hydrogen-bond acceptors (Lipinski definition) is 11. The molecule has 85 heavy (non-hydrogen) atoms. The van der Waals surface area contributed by atoms with E-state index in [0.29, 0.717) is 47.6 Å². The van der Waals surface area contributed by atoms with Crippen molar-refractivity contribution < 1.29 is 66.2 Å². The van der Waals surface area contributed by atoms with Gasteiger partial charge in [0, 0.05) is 67.2 Å². The molecule has 18 nitrogen and oxygen atoms in total. The third-order valence-electron chi connectivity index (χ3n) is 16.1. The fraction of sp³-hybridized carbons (Fsp3) is 0.429. The van der Waals surface area contributed by atoms with Gasteiger partial charge in [0.15, 0.2) is 6.61 Å². The molecule has 4 atom stereocenters. The molecule has 448 valence electrons. The van der Waals surface area contributed by atoms with E-state index in [9.17, 15) is 56.7 Å². The Kier molecular flexibility index (Phi) is 19.2. The number of alkyl halides is 2. The van der Waals surface area contributed by atoms with Crippen molar-refractivity contribution in [2.45, 2.75) is 140 Å². The number of likely N-dealkylation sites (tertiary alicyclic amines) is 1. The van der Waals surface area contributed by atoms with Gasteiger partial charge in [-0.2, -0.15) is 8.78 Å². The molecule has 22 heteroatoms. The quantitative estimate of drug-likeness (QED) is 0.0213. The summed E-state index contributed by atoms with van der Waals surface area (Å²) < 4.78 is 47.3. The van der Waals surface area contributed by atoms with E-state index in [-0.39, 0.29) is 71.5 Å². The molecule has 2 saturated heterocycles. The number of rotatable bonds is 20. The molecule has 8 amide bonds. The Hall–Kier alpha value is -7.63. The molecule has 0 saturated carbocycles. The highest BCUT2D eigenvalue weighted by Crippen LogP contribution is 2.59. The number of fused-ring (bicyclic) bond motifs is 3. The second-order valence-electron chi connectivity index (χ2n) is 23.2. The first-order valence-electron chi connectivity index (χ1n) is 28.8. The maximum atomic E-state index is 15.2. The molecule has 9 rings (SSSR count). The first-order valence-corrected chi connectivity index (χ1v) is 31.2. The van der Waals surface area contributed by atoms with Crippen molar-refractivity contribution in [1.82, 2.24) is 30.7 Å². The lowest BCUT2D eigenvalue weighted by Crippen LogP contribution is -2.61. The zero-order chi connectivity index (χ0) is 60.8. The van der Waals surface area contributed by atoms with E-state index in [1.54, 1.807) is 51.1 Å². The summed E-state index contributed by atoms with van der Waals surface area (Å²) in [5.41, 5.74) is -2.62. The van der Waals surface area contributed by atoms with E-state index in [0.717, 1.165) is 97.3 Å². The molecule has 0 aliphatic carbocycles. The molecule has 4 aromatic carbocycles. The average Bonchev–Trinajstić information content (AvgIpc) is 4.28. The van der Waals surface area contributed by atoms with Gasteiger partial charge >= 0.3 is 13.3 Å². The summed E-state index contributed by atoms with van der Waals surface area (Å²) in [5.74, 6) is 2.78. The number of ether oxygens (including phenoxy) is 1. The number of thiophene rings is 1. The summed E-state index contributed by atoms with van der Waals surface area (Å²) in [6.45, 7) is 6.52. The largest absolute Gasteiger partial charge is 0.484 e. The van der Waals surface area contributed by atoms with Crippen molar-refractivity contribution >= 4 is 76.3 Å². The molecule has 2 unspecified atom stereocenters. The third kappa shape index (κ3) is 14.4. The number of halogens is 2. The predicted molar refractivity (Wildman–Crippen MR) is 313 cm³/mol. The monoisotopic (exact) mass is 1200 g/mol. The minimum atomic E-state index is -5.86. The summed E-state index contributed by atoms with van der Waals surface area (Å²) in [7, 11) is -5.86. The number of nitrogens with zero attached hydrogens (tertiary/aromatic N) is 3. The number of carbonyl (C=O) groups is 8. The fourth-order valence-corrected chi connectivity index (χ4v) is 12.8. The Morgan fingerprint density at radius 2 is 1.58 bits per heavy atom. The van der Waals surface area contributed by atoms with Crippen LogP contribution in [0.15, 0.2) is 91.0 Å². The number of hydrogen-bond donors (Lipinski definition) is 5. The van der Waals surface area contributed by atoms with Gasteiger partial charge in [-0.05, 0) is 108 Å². The smallest absolute Gasteiger partial charge is 0.399 e. The lowest BCUT2D eigenvalue weighted by Gasteiger charge is -2.43. The van der Waals surface area contributed by atoms with Crippen LogP contribution in [0.25, 0.3) is 10.1 Å². The van der Waals surface area contributed by atoms with Crippen molar-refractivity contribution in [3.05, 3.63) is 135 Å². The second kappa shape index (κ2) is 26.3. The van der Waals surface area contributed by atoms with Gasteiger partial charge in [-0.25, -0.2) is 0 Å². The van der Waals surface area contributed by atoms with E-state index in [2.05, 4.69) is 27.8 Å². The summed E-state index contributed by atoms with van der Waals surface area (Å²) in [6.07, 6.45) is 9.28. The van der Waals surface area contributed by atoms with Crippen LogP contribution in [0.5, 0.6) is 5.75 Å². The lowest BCUT2D eigenvalue weighted by atomic mass is 9.83. The number of nitrogens with one attached hydrogen (secondary N) is 3. The van der Waals surface area contributed by atoms with Crippen LogP contribution in [0, 0.1) is 17.3 Å². The average molecular weight is 1200 g/mol. The summed E-state index contributed by atoms with van der Waals surface area (Å²) in [5, 5.41) is 8.15. The molecule has 5 heterocycles. The molecule has 4 aliphatic rings. The fourth-order valence-electron chi connectivity index (χ4n) is 11.4. The van der Waals surface area contributed by atoms with Crippen molar-refractivity contribution in [2.75, 3.05) is 26.2 Å². The molecule has 0 spiro atoms. The Morgan fingerprint density at radius 3 is 2.31 bits per heavy atom. The molecule has 1 aromatic heterocycles. The van der Waals surface area contributed by atoms with Crippen LogP contribution >= 0.6 is 18.9 Å². The molecule has 0 radical (unpaired) electrons. The summed E-state index contributed by atoms with van der Waals surface area (Å²) in [4.78, 5) is 130. The Morgan fingerprint density at radius 1 is 0.847 bits per heavy atom. The van der Waals surface area contributed by atoms with E-state index in [1.165, 1.54) is 17.0 Å². The first kappa shape index (κ1) is 61.9. The Labute approximate surface area is 495 Å². The van der Waals surface area contributed by atoms with Crippen molar-refractivity contribution in [2.24, 2.45) is 5.41 Å². The van der Waals surface area contributed by atoms with E-state index in [4.69, 9.17) is 4.74 Å². The van der Waals surface area contributed by atoms with Gasteiger partial charge in [0.2, 0.25) is 23.6 Å². The number of carbonyl (C=O) groups excluding carboxylic acids is 8. The summed E-state index contributed by atoms with van der Waals surface area (Å²) in [6, 6.07) is 21.4. The Balaban J connectivity index is 0.758. The van der Waals surface area contributed by atoms with E-state index in [1.807, 2.05) is 41.3 Å². The van der Waals surface area contributed by atoms with Crippen LogP contribution in [0.2, 0.25) is 0 Å². The van der Waals surface area contributed by atoms with Gasteiger partial charge in [-0.1, -0.05) is 107 Å². The van der Waals surface area contributed by atoms with Crippen LogP contribution in [-0.4, -0.2) is 116 Å². The van der Waals surface area contributed by atoms with Crippen LogP contribution < -0.4 is 20.7 Å². The molecular weight excluding hydrogens is 1130 g/mol. The number of imide groups is 2. The van der Waals surface area contributed by atoms with Gasteiger partial charge in [-0.3, -0.25) is 53.1 Å². The second-order valence-corrected chi connectivity index (χ2v) is 26.0. The number of piperidine rings is 2. The maximum absolute atomic E-state index is 15.2. The highest BCUT2D eigenvalue weighted by Gasteiger charge is 2.51. The zero-order valence-corrected chi connectivity index (χ0v) is 49.3. The number of benzene rings is 4. The van der Waals surface area contributed by atoms with Crippen molar-refractivity contribution in [1.29, 1.82) is 0 Å². The van der Waals surface area contributed by atoms with Crippen LogP contribution in [0.1, 0.15) is 162 Å². The highest BCUT2D eigenvalue weighted by atomic mass is 32.1. The van der Waals surface area contributed by atoms with Gasteiger partial charge in [-0.15, -0.1) is 11.3 Å². The normalized spacial score (nSPS) is 18.5. The number of amides is 8. The highest BCUT2D eigenvalue weighted by molar-refractivity contribution is 7.52. The minimum Gasteiger partial charge on any atom is -0.484 e. The molecule has 5 aromatic rings. The van der Waals surface area contributed by atoms with Gasteiger partial charge < -0.3 is 35.0 Å². The van der Waals surface area contributed by atoms with E-state index >= 15 is 4.79 Å². The first-order chi connectivity index (χ1) is 40.5. The minimum absolute atomic E-state index is 0.0122. The summed E-state index contributed by atoms with van der Waals surface area (Å²) >= 11 is 0.965. The Bertz CT molecular complexity index is 3530. The van der Waals surface area contributed by atoms with Gasteiger partial charge in [0.25, 0.3) is 23.6 Å². The van der Waals surface area contributed by atoms with Crippen LogP contribution in [0.3, 0.4) is 0 Å². The van der Waals surface area contributed by atoms with Crippen LogP contribution in [-0.2, 0) is 47.2 Å². The maximum Gasteiger partial charge on any atom is 0.399 e. The molecule has 2 fully saturated rings. The third-order valence-corrected chi connectivity index (χ3v) is 18.2. The number of unbranched alkanes of at least 4 members (excludes halogenated alkanes) is 7. The van der Waals surface area contributed by atoms with Crippen molar-refractivity contribution in [3.8, 4) is 17.6 Å². The van der Waals surface area contributed by atoms with Gasteiger partial charge in [0.1, 0.15) is 23.9 Å². The van der Waals surface area contributed by atoms with E-state index < -0.39 is 77.8 Å². The molecule has 0 bridgehead atoms. The zero-order valence-electron chi connectivity index (χ0n) is 47.6. The predicted octanol–water partition coefficient (Wildman–Crippen LogP) is 8.70. The molecule has 5 N–H and O–H groups in total. The molecule has 4 aliphatic heterocycles.